The van der Waals surface area contributed by atoms with Gasteiger partial charge < -0.3 is 19.5 Å². The second-order valence-corrected chi connectivity index (χ2v) is 7.73. The van der Waals surface area contributed by atoms with Crippen LogP contribution >= 0.6 is 11.6 Å². The van der Waals surface area contributed by atoms with Crippen molar-refractivity contribution in [2.75, 3.05) is 19.2 Å². The molecule has 3 aromatic carbocycles. The SMILES string of the molecule is COc1nc(-c2ccc3c(c2)OCO3)n(-c2ccc(NC(=O)c3ccc([N+](=O)[O-])cc3Cl)cc2)n1. The Kier molecular flexibility index (Phi) is 5.67. The molecule has 0 saturated heterocycles. The highest BCUT2D eigenvalue weighted by molar-refractivity contribution is 6.34. The average molecular weight is 494 g/mol. The molecule has 0 unspecified atom stereocenters. The lowest BCUT2D eigenvalue weighted by molar-refractivity contribution is -0.384. The van der Waals surface area contributed by atoms with E-state index in [4.69, 9.17) is 25.8 Å². The van der Waals surface area contributed by atoms with Gasteiger partial charge in [0.25, 0.3) is 11.6 Å². The minimum absolute atomic E-state index is 0.0172. The lowest BCUT2D eigenvalue weighted by Gasteiger charge is -2.09. The molecule has 0 aliphatic carbocycles. The van der Waals surface area contributed by atoms with Crippen molar-refractivity contribution in [1.29, 1.82) is 0 Å². The van der Waals surface area contributed by atoms with Crippen molar-refractivity contribution in [3.63, 3.8) is 0 Å². The quantitative estimate of drug-likeness (QED) is 0.307. The number of hydrogen-bond donors (Lipinski definition) is 1. The number of nitro benzene ring substituents is 1. The molecule has 0 saturated carbocycles. The van der Waals surface area contributed by atoms with Crippen LogP contribution in [0.1, 0.15) is 10.4 Å². The minimum Gasteiger partial charge on any atom is -0.466 e. The molecule has 0 spiro atoms. The fourth-order valence-corrected chi connectivity index (χ4v) is 3.73. The van der Waals surface area contributed by atoms with E-state index in [2.05, 4.69) is 15.4 Å². The molecule has 176 valence electrons. The van der Waals surface area contributed by atoms with E-state index < -0.39 is 10.8 Å². The zero-order valence-electron chi connectivity index (χ0n) is 18.1. The van der Waals surface area contributed by atoms with Crippen LogP contribution in [0.4, 0.5) is 11.4 Å². The first-order valence-electron chi connectivity index (χ1n) is 10.2. The van der Waals surface area contributed by atoms with Gasteiger partial charge in [0, 0.05) is 23.4 Å². The van der Waals surface area contributed by atoms with Gasteiger partial charge in [0.15, 0.2) is 17.3 Å². The minimum atomic E-state index is -0.580. The Labute approximate surface area is 203 Å². The Hall–Kier alpha value is -4.64. The number of amides is 1. The second-order valence-electron chi connectivity index (χ2n) is 7.32. The Balaban J connectivity index is 1.40. The summed E-state index contributed by atoms with van der Waals surface area (Å²) in [7, 11) is 1.48. The van der Waals surface area contributed by atoms with Crippen LogP contribution in [0.3, 0.4) is 0 Å². The predicted octanol–water partition coefficient (Wildman–Crippen LogP) is 4.49. The van der Waals surface area contributed by atoms with Crippen LogP contribution in [0.15, 0.2) is 60.7 Å². The maximum Gasteiger partial charge on any atom is 0.336 e. The molecule has 0 bridgehead atoms. The summed E-state index contributed by atoms with van der Waals surface area (Å²) in [5.74, 6) is 1.29. The van der Waals surface area contributed by atoms with Crippen molar-refractivity contribution < 1.29 is 23.9 Å². The number of methoxy groups -OCH3 is 1. The number of anilines is 1. The number of hydrogen-bond acceptors (Lipinski definition) is 8. The molecule has 0 atom stereocenters. The van der Waals surface area contributed by atoms with Crippen LogP contribution in [0.2, 0.25) is 5.02 Å². The van der Waals surface area contributed by atoms with Crippen LogP contribution in [-0.4, -0.2) is 39.5 Å². The maximum atomic E-state index is 12.6. The first kappa shape index (κ1) is 22.2. The molecule has 12 heteroatoms. The fraction of sp³-hybridized carbons (Fsp3) is 0.0870. The number of fused-ring (bicyclic) bond motifs is 1. The van der Waals surface area contributed by atoms with Gasteiger partial charge in [-0.3, -0.25) is 14.9 Å². The van der Waals surface area contributed by atoms with Gasteiger partial charge in [-0.25, -0.2) is 4.68 Å². The molecule has 1 aromatic heterocycles. The van der Waals surface area contributed by atoms with E-state index >= 15 is 0 Å². The van der Waals surface area contributed by atoms with Gasteiger partial charge in [0.05, 0.1) is 28.3 Å². The molecule has 5 rings (SSSR count). The van der Waals surface area contributed by atoms with Gasteiger partial charge in [0.1, 0.15) is 0 Å². The molecule has 2 heterocycles. The molecule has 1 amide bonds. The standard InChI is InChI=1S/C23H16ClN5O6/c1-33-23-26-21(13-2-9-19-20(10-13)35-12-34-19)28(27-23)15-5-3-14(4-6-15)25-22(30)17-8-7-16(29(31)32)11-18(17)24/h2-11H,12H2,1H3,(H,25,30). The number of carbonyl (C=O) groups excluding carboxylic acids is 1. The average Bonchev–Trinajstić information content (AvgIpc) is 3.51. The molecule has 0 fully saturated rings. The van der Waals surface area contributed by atoms with E-state index in [-0.39, 0.29) is 29.1 Å². The summed E-state index contributed by atoms with van der Waals surface area (Å²) in [6.07, 6.45) is 0. The van der Waals surface area contributed by atoms with Gasteiger partial charge in [-0.15, -0.1) is 5.10 Å². The van der Waals surface area contributed by atoms with Crippen LogP contribution in [-0.2, 0) is 0 Å². The molecule has 1 aliphatic rings. The summed E-state index contributed by atoms with van der Waals surface area (Å²) < 4.78 is 17.7. The summed E-state index contributed by atoms with van der Waals surface area (Å²) in [5, 5.41) is 18.0. The zero-order chi connectivity index (χ0) is 24.5. The number of ether oxygens (including phenoxy) is 3. The van der Waals surface area contributed by atoms with E-state index in [0.717, 1.165) is 11.6 Å². The number of rotatable bonds is 6. The first-order valence-corrected chi connectivity index (χ1v) is 10.6. The molecule has 35 heavy (non-hydrogen) atoms. The molecular weight excluding hydrogens is 478 g/mol. The monoisotopic (exact) mass is 493 g/mol. The molecule has 4 aromatic rings. The number of nitrogens with zero attached hydrogens (tertiary/aromatic N) is 4. The van der Waals surface area contributed by atoms with Gasteiger partial charge in [0.2, 0.25) is 6.79 Å². The number of carbonyl (C=O) groups is 1. The van der Waals surface area contributed by atoms with Gasteiger partial charge in [-0.1, -0.05) is 11.6 Å². The van der Waals surface area contributed by atoms with E-state index in [0.29, 0.717) is 28.7 Å². The van der Waals surface area contributed by atoms with Crippen LogP contribution in [0, 0.1) is 10.1 Å². The summed E-state index contributed by atoms with van der Waals surface area (Å²) in [6.45, 7) is 0.160. The largest absolute Gasteiger partial charge is 0.466 e. The predicted molar refractivity (Wildman–Crippen MR) is 126 cm³/mol. The zero-order valence-corrected chi connectivity index (χ0v) is 18.9. The highest BCUT2D eigenvalue weighted by Crippen LogP contribution is 2.36. The third-order valence-corrected chi connectivity index (χ3v) is 5.49. The summed E-state index contributed by atoms with van der Waals surface area (Å²) in [4.78, 5) is 27.3. The van der Waals surface area contributed by atoms with Gasteiger partial charge in [-0.2, -0.15) is 4.98 Å². The first-order chi connectivity index (χ1) is 16.9. The fourth-order valence-electron chi connectivity index (χ4n) is 3.47. The number of non-ortho nitro benzene ring substituents is 1. The van der Waals surface area contributed by atoms with Crippen LogP contribution in [0.25, 0.3) is 17.1 Å². The van der Waals surface area contributed by atoms with Crippen molar-refractivity contribution in [2.24, 2.45) is 0 Å². The molecule has 1 N–H and O–H groups in total. The van der Waals surface area contributed by atoms with Crippen molar-refractivity contribution in [1.82, 2.24) is 14.8 Å². The van der Waals surface area contributed by atoms with E-state index in [1.165, 1.54) is 19.2 Å². The third-order valence-electron chi connectivity index (χ3n) is 5.18. The highest BCUT2D eigenvalue weighted by Gasteiger charge is 2.20. The van der Waals surface area contributed by atoms with Crippen LogP contribution in [0.5, 0.6) is 17.5 Å². The number of nitrogens with one attached hydrogen (secondary N) is 1. The smallest absolute Gasteiger partial charge is 0.336 e. The Morgan fingerprint density at radius 2 is 1.89 bits per heavy atom. The maximum absolute atomic E-state index is 12.6. The highest BCUT2D eigenvalue weighted by atomic mass is 35.5. The summed E-state index contributed by atoms with van der Waals surface area (Å²) in [5.41, 5.74) is 1.82. The number of halogens is 1. The number of benzene rings is 3. The van der Waals surface area contributed by atoms with E-state index in [1.807, 2.05) is 12.1 Å². The Bertz CT molecular complexity index is 1450. The Morgan fingerprint density at radius 1 is 1.11 bits per heavy atom. The van der Waals surface area contributed by atoms with Crippen molar-refractivity contribution in [3.8, 4) is 34.6 Å². The normalized spacial score (nSPS) is 11.8. The molecule has 1 aliphatic heterocycles. The lowest BCUT2D eigenvalue weighted by atomic mass is 10.1. The topological polar surface area (TPSA) is 131 Å². The van der Waals surface area contributed by atoms with Crippen LogP contribution < -0.4 is 19.5 Å². The van der Waals surface area contributed by atoms with Crippen molar-refractivity contribution >= 4 is 28.9 Å². The molecule has 0 radical (unpaired) electrons. The van der Waals surface area contributed by atoms with Crippen molar-refractivity contribution in [3.05, 3.63) is 81.4 Å². The second kappa shape index (κ2) is 8.95. The van der Waals surface area contributed by atoms with Crippen molar-refractivity contribution in [2.45, 2.75) is 0 Å². The molecular formula is C23H16ClN5O6. The summed E-state index contributed by atoms with van der Waals surface area (Å²) >= 11 is 6.05. The van der Waals surface area contributed by atoms with E-state index in [1.54, 1.807) is 35.0 Å². The lowest BCUT2D eigenvalue weighted by Crippen LogP contribution is -2.12. The van der Waals surface area contributed by atoms with E-state index in [9.17, 15) is 14.9 Å². The third kappa shape index (κ3) is 4.32. The van der Waals surface area contributed by atoms with Gasteiger partial charge in [-0.05, 0) is 48.5 Å². The summed E-state index contributed by atoms with van der Waals surface area (Å²) in [6, 6.07) is 16.2. The molecule has 11 nitrogen and oxygen atoms in total. The number of aromatic nitrogens is 3. The number of nitro groups is 1. The Morgan fingerprint density at radius 3 is 2.60 bits per heavy atom. The van der Waals surface area contributed by atoms with Gasteiger partial charge >= 0.3 is 6.01 Å².